The summed E-state index contributed by atoms with van der Waals surface area (Å²) in [6.07, 6.45) is 2.32. The predicted octanol–water partition coefficient (Wildman–Crippen LogP) is 2.22. The van der Waals surface area contributed by atoms with Crippen molar-refractivity contribution in [2.75, 3.05) is 6.61 Å². The topological polar surface area (TPSA) is 116 Å². The number of hydrogen-bond donors (Lipinski definition) is 1. The van der Waals surface area contributed by atoms with Crippen LogP contribution < -0.4 is 0 Å². The van der Waals surface area contributed by atoms with Crippen LogP contribution in [0.15, 0.2) is 12.2 Å². The van der Waals surface area contributed by atoms with Crippen LogP contribution in [0.25, 0.3) is 0 Å². The van der Waals surface area contributed by atoms with E-state index in [-0.39, 0.29) is 6.61 Å². The summed E-state index contributed by atoms with van der Waals surface area (Å²) in [6.45, 7) is 9.34. The fourth-order valence-corrected chi connectivity index (χ4v) is 2.24. The number of ether oxygens (including phenoxy) is 1. The van der Waals surface area contributed by atoms with Gasteiger partial charge in [0.15, 0.2) is 0 Å². The van der Waals surface area contributed by atoms with E-state index in [1.165, 1.54) is 5.57 Å². The van der Waals surface area contributed by atoms with Gasteiger partial charge in [-0.05, 0) is 37.9 Å². The molecule has 0 aromatic heterocycles. The molecule has 1 rings (SSSR count). The number of carbonyl (C=O) groups is 2. The molecule has 2 atom stereocenters. The van der Waals surface area contributed by atoms with Crippen LogP contribution in [0.3, 0.4) is 0 Å². The van der Waals surface area contributed by atoms with Crippen molar-refractivity contribution in [3.05, 3.63) is 12.2 Å². The Morgan fingerprint density at radius 2 is 1.57 bits per heavy atom. The second-order valence-corrected chi connectivity index (χ2v) is 6.35. The molecule has 0 saturated heterocycles. The maximum absolute atomic E-state index is 11.7. The fraction of sp³-hybridized carbons (Fsp3) is 0.714. The normalized spacial score (nSPS) is 20.7. The van der Waals surface area contributed by atoms with E-state index in [0.717, 1.165) is 6.42 Å². The molecule has 1 saturated carbocycles. The number of esters is 1. The third-order valence-corrected chi connectivity index (χ3v) is 3.10. The molecule has 1 N–H and O–H groups in total. The Kier molecular flexibility index (Phi) is 9.70. The summed E-state index contributed by atoms with van der Waals surface area (Å²) in [5.41, 5.74) is 1.17. The van der Waals surface area contributed by atoms with Gasteiger partial charge in [-0.25, -0.2) is 4.79 Å². The van der Waals surface area contributed by atoms with E-state index in [1.807, 2.05) is 13.8 Å². The minimum atomic E-state index is -4.87. The largest absolute Gasteiger partial charge is 0.466 e. The van der Waals surface area contributed by atoms with E-state index in [1.54, 1.807) is 6.92 Å². The zero-order valence-corrected chi connectivity index (χ0v) is 14.4. The molecule has 1 fully saturated rings. The van der Waals surface area contributed by atoms with Crippen molar-refractivity contribution < 1.29 is 36.5 Å². The average molecular weight is 352 g/mol. The van der Waals surface area contributed by atoms with Crippen LogP contribution in [0.5, 0.6) is 0 Å². The van der Waals surface area contributed by atoms with Crippen molar-refractivity contribution in [1.82, 2.24) is 0 Å². The number of rotatable bonds is 5. The second kappa shape index (κ2) is 10.3. The Morgan fingerprint density at radius 3 is 1.96 bits per heavy atom. The van der Waals surface area contributed by atoms with Crippen LogP contribution >= 0.6 is 0 Å². The third-order valence-electron chi connectivity index (χ3n) is 2.86. The summed E-state index contributed by atoms with van der Waals surface area (Å²) in [5.74, 6) is -3.02. The third kappa shape index (κ3) is 10.0. The smallest absolute Gasteiger partial charge is 0.432 e. The van der Waals surface area contributed by atoms with E-state index in [4.69, 9.17) is 9.29 Å². The summed E-state index contributed by atoms with van der Waals surface area (Å²) in [6, 6.07) is 0. The fourth-order valence-electron chi connectivity index (χ4n) is 2.08. The second-order valence-electron chi connectivity index (χ2n) is 5.35. The monoisotopic (exact) mass is 352 g/mol. The van der Waals surface area contributed by atoms with Gasteiger partial charge < -0.3 is 4.74 Å². The van der Waals surface area contributed by atoms with Crippen molar-refractivity contribution in [1.29, 1.82) is 0 Å². The van der Waals surface area contributed by atoms with Gasteiger partial charge in [-0.1, -0.05) is 18.4 Å². The number of allylic oxidation sites excluding steroid dienone is 1. The van der Waals surface area contributed by atoms with Crippen molar-refractivity contribution in [2.24, 2.45) is 11.8 Å². The molecule has 0 aromatic carbocycles. The minimum Gasteiger partial charge on any atom is -0.466 e. The van der Waals surface area contributed by atoms with Crippen LogP contribution in [0.2, 0.25) is 0 Å². The summed E-state index contributed by atoms with van der Waals surface area (Å²) in [5, 5.41) is 0. The van der Waals surface area contributed by atoms with Crippen molar-refractivity contribution in [3.8, 4) is 0 Å². The van der Waals surface area contributed by atoms with Gasteiger partial charge in [0.1, 0.15) is 0 Å². The van der Waals surface area contributed by atoms with E-state index in [0.29, 0.717) is 19.3 Å². The van der Waals surface area contributed by atoms with E-state index >= 15 is 0 Å². The van der Waals surface area contributed by atoms with Crippen LogP contribution in [0.4, 0.5) is 0 Å². The lowest BCUT2D eigenvalue weighted by Crippen LogP contribution is -2.35. The van der Waals surface area contributed by atoms with Crippen LogP contribution in [-0.4, -0.2) is 31.5 Å². The molecule has 0 heterocycles. The van der Waals surface area contributed by atoms with E-state index < -0.39 is 34.2 Å². The molecule has 0 aromatic rings. The molecule has 1 aliphatic rings. The van der Waals surface area contributed by atoms with Crippen molar-refractivity contribution in [3.63, 3.8) is 0 Å². The highest BCUT2D eigenvalue weighted by Crippen LogP contribution is 2.32. The highest BCUT2D eigenvalue weighted by Gasteiger charge is 2.38. The maximum atomic E-state index is 11.7. The quantitative estimate of drug-likeness (QED) is 0.263. The Balaban J connectivity index is 0.00000108. The summed E-state index contributed by atoms with van der Waals surface area (Å²) < 4.78 is 37.3. The molecule has 8 nitrogen and oxygen atoms in total. The molecule has 134 valence electrons. The summed E-state index contributed by atoms with van der Waals surface area (Å²) >= 11 is 0. The van der Waals surface area contributed by atoms with Gasteiger partial charge in [-0.2, -0.15) is 8.42 Å². The van der Waals surface area contributed by atoms with Crippen LogP contribution in [0, 0.1) is 11.8 Å². The summed E-state index contributed by atoms with van der Waals surface area (Å²) in [4.78, 5) is 27.3. The Bertz CT molecular complexity index is 507. The minimum absolute atomic E-state index is 0.193. The molecular formula is C14H24O8S. The van der Waals surface area contributed by atoms with Gasteiger partial charge in [-0.15, -0.1) is 6.58 Å². The van der Waals surface area contributed by atoms with Gasteiger partial charge in [0.2, 0.25) is 0 Å². The molecule has 1 aliphatic carbocycles. The molecule has 0 amide bonds. The molecule has 0 spiro atoms. The van der Waals surface area contributed by atoms with E-state index in [9.17, 15) is 18.0 Å². The lowest BCUT2D eigenvalue weighted by molar-refractivity contribution is -0.223. The first kappa shape index (κ1) is 21.6. The van der Waals surface area contributed by atoms with Crippen molar-refractivity contribution in [2.45, 2.75) is 46.5 Å². The Morgan fingerprint density at radius 1 is 1.13 bits per heavy atom. The van der Waals surface area contributed by atoms with Gasteiger partial charge >= 0.3 is 22.3 Å². The lowest BCUT2D eigenvalue weighted by atomic mass is 9.79. The predicted molar refractivity (Wildman–Crippen MR) is 81.3 cm³/mol. The SMILES string of the molecule is C=C(C)C.CCOC(=O)C1CCCCC1C(=O)OOS(=O)(=O)O. The zero-order valence-electron chi connectivity index (χ0n) is 13.6. The molecule has 2 unspecified atom stereocenters. The first-order valence-corrected chi connectivity index (χ1v) is 8.61. The first-order chi connectivity index (χ1) is 10.6. The maximum Gasteiger partial charge on any atom is 0.432 e. The molecule has 0 radical (unpaired) electrons. The molecule has 23 heavy (non-hydrogen) atoms. The highest BCUT2D eigenvalue weighted by molar-refractivity contribution is 7.80. The molecule has 0 bridgehead atoms. The van der Waals surface area contributed by atoms with Crippen LogP contribution in [-0.2, 0) is 33.9 Å². The highest BCUT2D eigenvalue weighted by atomic mass is 32.3. The molecule has 0 aliphatic heterocycles. The number of hydrogen-bond acceptors (Lipinski definition) is 7. The lowest BCUT2D eigenvalue weighted by Gasteiger charge is -2.27. The number of carbonyl (C=O) groups excluding carboxylic acids is 2. The summed E-state index contributed by atoms with van der Waals surface area (Å²) in [7, 11) is -4.87. The van der Waals surface area contributed by atoms with Crippen molar-refractivity contribution >= 4 is 22.3 Å². The van der Waals surface area contributed by atoms with Gasteiger partial charge in [0, 0.05) is 0 Å². The average Bonchev–Trinajstić information content (AvgIpc) is 2.43. The Hall–Kier alpha value is -1.45. The standard InChI is InChI=1S/C10H16O8S.C4H8/c1-2-16-9(11)7-5-3-4-6-8(7)10(12)17-18-19(13,14)15;1-4(2)3/h7-8H,2-6H2,1H3,(H,13,14,15);1H2,2-3H3. The van der Waals surface area contributed by atoms with Gasteiger partial charge in [0.25, 0.3) is 0 Å². The van der Waals surface area contributed by atoms with Crippen LogP contribution in [0.1, 0.15) is 46.5 Å². The van der Waals surface area contributed by atoms with E-state index in [2.05, 4.69) is 15.8 Å². The zero-order chi connectivity index (χ0) is 18.0. The first-order valence-electron chi connectivity index (χ1n) is 7.24. The molecule has 9 heteroatoms. The Labute approximate surface area is 136 Å². The molecular weight excluding hydrogens is 328 g/mol. The van der Waals surface area contributed by atoms with Gasteiger partial charge in [-0.3, -0.25) is 14.2 Å². The van der Waals surface area contributed by atoms with Gasteiger partial charge in [0.05, 0.1) is 18.4 Å².